The molecule has 6 nitrogen and oxygen atoms in total. The number of carboxylic acids is 1. The van der Waals surface area contributed by atoms with Crippen LogP contribution in [-0.4, -0.2) is 21.3 Å². The number of hydrogen-bond donors (Lipinski definition) is 1. The Bertz CT molecular complexity index is 499. The van der Waals surface area contributed by atoms with Crippen LogP contribution in [0.25, 0.3) is 11.3 Å². The summed E-state index contributed by atoms with van der Waals surface area (Å²) in [5.41, 5.74) is 1.68. The van der Waals surface area contributed by atoms with Crippen LogP contribution in [0.2, 0.25) is 0 Å². The number of nitrogens with one attached hydrogen (secondary N) is 1. The monoisotopic (exact) mass is 232 g/mol. The Kier molecular flexibility index (Phi) is 3.34. The van der Waals surface area contributed by atoms with Gasteiger partial charge in [0, 0.05) is 17.7 Å². The topological polar surface area (TPSA) is 81.1 Å². The molecule has 0 atom stereocenters. The molecular formula is C11H12N4O2+2. The quantitative estimate of drug-likeness (QED) is 0.735. The molecule has 6 heteroatoms. The predicted molar refractivity (Wildman–Crippen MR) is 56.5 cm³/mol. The first-order chi connectivity index (χ1) is 8.25. The second-order valence-corrected chi connectivity index (χ2v) is 3.47. The van der Waals surface area contributed by atoms with E-state index in [1.807, 2.05) is 18.2 Å². The highest BCUT2D eigenvalue weighted by Gasteiger charge is 2.08. The average molecular weight is 232 g/mol. The van der Waals surface area contributed by atoms with Gasteiger partial charge in [-0.15, -0.1) is 5.10 Å². The van der Waals surface area contributed by atoms with E-state index in [2.05, 4.69) is 15.3 Å². The number of rotatable bonds is 4. The van der Waals surface area contributed by atoms with Crippen molar-refractivity contribution >= 4 is 5.97 Å². The largest absolute Gasteiger partial charge is 0.481 e. The van der Waals surface area contributed by atoms with Crippen molar-refractivity contribution in [3.8, 4) is 11.3 Å². The zero-order valence-corrected chi connectivity index (χ0v) is 9.08. The van der Waals surface area contributed by atoms with Gasteiger partial charge in [-0.1, -0.05) is 4.68 Å². The van der Waals surface area contributed by atoms with Crippen LogP contribution in [0.3, 0.4) is 0 Å². The minimum atomic E-state index is -0.831. The molecule has 0 saturated carbocycles. The first-order valence-electron chi connectivity index (χ1n) is 5.17. The molecule has 0 unspecified atom stereocenters. The normalized spacial score (nSPS) is 10.1. The van der Waals surface area contributed by atoms with Crippen molar-refractivity contribution in [2.75, 3.05) is 0 Å². The molecule has 0 radical (unpaired) electrons. The lowest BCUT2D eigenvalue weighted by atomic mass is 10.2. The Hall–Kier alpha value is -2.37. The third-order valence-corrected chi connectivity index (χ3v) is 2.23. The molecule has 0 aromatic carbocycles. The highest BCUT2D eigenvalue weighted by atomic mass is 16.4. The fourth-order valence-electron chi connectivity index (χ4n) is 1.37. The lowest BCUT2D eigenvalue weighted by Gasteiger charge is -1.94. The van der Waals surface area contributed by atoms with E-state index in [1.54, 1.807) is 23.3 Å². The molecule has 0 bridgehead atoms. The molecule has 2 aromatic heterocycles. The Morgan fingerprint density at radius 1 is 1.47 bits per heavy atom. The van der Waals surface area contributed by atoms with Gasteiger partial charge in [-0.2, -0.15) is 0 Å². The van der Waals surface area contributed by atoms with E-state index in [1.165, 1.54) is 0 Å². The number of aryl methyl sites for hydroxylation is 1. The molecule has 0 fully saturated rings. The van der Waals surface area contributed by atoms with Gasteiger partial charge >= 0.3 is 5.97 Å². The van der Waals surface area contributed by atoms with Crippen molar-refractivity contribution in [3.63, 3.8) is 0 Å². The maximum atomic E-state index is 10.4. The Balaban J connectivity index is 2.11. The minimum absolute atomic E-state index is 0.0639. The second kappa shape index (κ2) is 5.11. The van der Waals surface area contributed by atoms with Crippen molar-refractivity contribution in [3.05, 3.63) is 36.8 Å². The van der Waals surface area contributed by atoms with Crippen LogP contribution in [0.4, 0.5) is 0 Å². The number of aromatic nitrogens is 4. The first kappa shape index (κ1) is 11.1. The molecule has 2 aromatic rings. The van der Waals surface area contributed by atoms with E-state index < -0.39 is 5.97 Å². The molecule has 0 saturated heterocycles. The van der Waals surface area contributed by atoms with Crippen LogP contribution in [0, 0.1) is 0 Å². The van der Waals surface area contributed by atoms with Crippen LogP contribution < -0.4 is 9.78 Å². The number of hydrogen-bond acceptors (Lipinski definition) is 3. The van der Waals surface area contributed by atoms with Crippen molar-refractivity contribution in [1.82, 2.24) is 10.2 Å². The fraction of sp³-hybridized carbons (Fsp3) is 0.182. The third kappa shape index (κ3) is 3.04. The summed E-state index contributed by atoms with van der Waals surface area (Å²) in [6.07, 6.45) is 5.20. The van der Waals surface area contributed by atoms with E-state index in [9.17, 15) is 4.79 Å². The summed E-state index contributed by atoms with van der Waals surface area (Å²) in [7, 11) is 0. The zero-order valence-electron chi connectivity index (χ0n) is 9.08. The number of nitrogens with zero attached hydrogens (tertiary/aromatic N) is 3. The summed E-state index contributed by atoms with van der Waals surface area (Å²) in [6, 6.07) is 5.58. The maximum absolute atomic E-state index is 10.4. The Morgan fingerprint density at radius 2 is 2.35 bits per heavy atom. The SMILES string of the molecule is O=C(O)CC[n+]1ccc(-c2ccc[nH+]n2)cn1. The molecule has 86 valence electrons. The van der Waals surface area contributed by atoms with Crippen molar-refractivity contribution in [1.29, 1.82) is 0 Å². The number of aliphatic carboxylic acids is 1. The van der Waals surface area contributed by atoms with Gasteiger partial charge < -0.3 is 5.11 Å². The molecule has 0 aliphatic heterocycles. The van der Waals surface area contributed by atoms with E-state index in [0.29, 0.717) is 6.54 Å². The summed E-state index contributed by atoms with van der Waals surface area (Å²) >= 11 is 0. The molecule has 0 spiro atoms. The van der Waals surface area contributed by atoms with E-state index >= 15 is 0 Å². The van der Waals surface area contributed by atoms with Gasteiger partial charge in [0.25, 0.3) is 0 Å². The standard InChI is InChI=1S/C11H10N4O2/c16-11(17)4-7-15-6-3-9(8-13-15)10-2-1-5-12-14-10/h1-3,5-6,8H,4,7H2/p+2. The number of aromatic amines is 1. The Morgan fingerprint density at radius 3 is 2.94 bits per heavy atom. The zero-order chi connectivity index (χ0) is 12.1. The van der Waals surface area contributed by atoms with Gasteiger partial charge in [0.15, 0.2) is 18.9 Å². The lowest BCUT2D eigenvalue weighted by molar-refractivity contribution is -0.752. The number of carboxylic acid groups (broad SMARTS) is 1. The minimum Gasteiger partial charge on any atom is -0.481 e. The number of carbonyl (C=O) groups is 1. The summed E-state index contributed by atoms with van der Waals surface area (Å²) in [5.74, 6) is -0.831. The van der Waals surface area contributed by atoms with Crippen LogP contribution >= 0.6 is 0 Å². The van der Waals surface area contributed by atoms with Gasteiger partial charge in [-0.05, 0) is 16.3 Å². The Labute approximate surface area is 97.6 Å². The molecule has 0 aliphatic carbocycles. The van der Waals surface area contributed by atoms with E-state index in [-0.39, 0.29) is 6.42 Å². The van der Waals surface area contributed by atoms with Crippen LogP contribution in [0.1, 0.15) is 6.42 Å². The molecular weight excluding hydrogens is 220 g/mol. The van der Waals surface area contributed by atoms with Gasteiger partial charge in [0.2, 0.25) is 0 Å². The first-order valence-corrected chi connectivity index (χ1v) is 5.17. The highest BCUT2D eigenvalue weighted by molar-refractivity contribution is 5.66. The number of H-pyrrole nitrogens is 1. The van der Waals surface area contributed by atoms with Crippen molar-refractivity contribution in [2.24, 2.45) is 0 Å². The average Bonchev–Trinajstić information content (AvgIpc) is 2.38. The summed E-state index contributed by atoms with van der Waals surface area (Å²) in [4.78, 5) is 10.4. The van der Waals surface area contributed by atoms with Crippen molar-refractivity contribution in [2.45, 2.75) is 13.0 Å². The smallest absolute Gasteiger partial charge is 0.309 e. The van der Waals surface area contributed by atoms with E-state index in [0.717, 1.165) is 11.3 Å². The maximum Gasteiger partial charge on any atom is 0.309 e. The second-order valence-electron chi connectivity index (χ2n) is 3.47. The highest BCUT2D eigenvalue weighted by Crippen LogP contribution is 2.10. The summed E-state index contributed by atoms with van der Waals surface area (Å²) in [6.45, 7) is 0.365. The van der Waals surface area contributed by atoms with Crippen molar-refractivity contribution < 1.29 is 19.7 Å². The predicted octanol–water partition coefficient (Wildman–Crippen LogP) is -0.280. The fourth-order valence-corrected chi connectivity index (χ4v) is 1.37. The van der Waals surface area contributed by atoms with E-state index in [4.69, 9.17) is 5.11 Å². The van der Waals surface area contributed by atoms with Gasteiger partial charge in [0.1, 0.15) is 18.3 Å². The molecule has 17 heavy (non-hydrogen) atoms. The summed E-state index contributed by atoms with van der Waals surface area (Å²) < 4.78 is 1.59. The lowest BCUT2D eigenvalue weighted by Crippen LogP contribution is -2.38. The molecule has 2 heterocycles. The van der Waals surface area contributed by atoms with Gasteiger partial charge in [-0.3, -0.25) is 4.79 Å². The molecule has 2 rings (SSSR count). The van der Waals surface area contributed by atoms with Crippen LogP contribution in [-0.2, 0) is 11.3 Å². The molecule has 0 aliphatic rings. The molecule has 2 N–H and O–H groups in total. The molecule has 0 amide bonds. The third-order valence-electron chi connectivity index (χ3n) is 2.23. The van der Waals surface area contributed by atoms with Crippen LogP contribution in [0.15, 0.2) is 36.8 Å². The van der Waals surface area contributed by atoms with Gasteiger partial charge in [0.05, 0.1) is 0 Å². The van der Waals surface area contributed by atoms with Crippen LogP contribution in [0.5, 0.6) is 0 Å². The van der Waals surface area contributed by atoms with Gasteiger partial charge in [-0.25, -0.2) is 0 Å². The summed E-state index contributed by atoms with van der Waals surface area (Å²) in [5, 5.41) is 19.5.